The summed E-state index contributed by atoms with van der Waals surface area (Å²) in [6, 6.07) is 16.9. The molecule has 0 unspecified atom stereocenters. The molecular formula is C20H21N2O2+. The van der Waals surface area contributed by atoms with Crippen molar-refractivity contribution in [2.24, 2.45) is 0 Å². The second kappa shape index (κ2) is 7.59. The average molecular weight is 321 g/mol. The maximum Gasteiger partial charge on any atom is 0.224 e. The van der Waals surface area contributed by atoms with Crippen LogP contribution < -0.4 is 9.88 Å². The Balaban J connectivity index is 1.55. The zero-order chi connectivity index (χ0) is 16.8. The number of carbonyl (C=O) groups excluding carboxylic acids is 1. The number of aryl methyl sites for hydroxylation is 1. The number of benzene rings is 2. The lowest BCUT2D eigenvalue weighted by atomic mass is 10.1. The second-order valence-electron chi connectivity index (χ2n) is 5.80. The smallest absolute Gasteiger partial charge is 0.224 e. The second-order valence-corrected chi connectivity index (χ2v) is 5.80. The minimum atomic E-state index is 0.00362. The van der Waals surface area contributed by atoms with Crippen LogP contribution in [0, 0.1) is 0 Å². The van der Waals surface area contributed by atoms with Crippen molar-refractivity contribution in [3.05, 3.63) is 67.0 Å². The van der Waals surface area contributed by atoms with Crippen LogP contribution in [-0.4, -0.2) is 11.0 Å². The van der Waals surface area contributed by atoms with E-state index in [4.69, 9.17) is 0 Å². The van der Waals surface area contributed by atoms with Gasteiger partial charge in [0.2, 0.25) is 5.91 Å². The Bertz CT molecular complexity index is 831. The molecule has 0 aliphatic carbocycles. The van der Waals surface area contributed by atoms with E-state index in [1.165, 1.54) is 0 Å². The Kier molecular flexibility index (Phi) is 5.06. The third-order valence-electron chi connectivity index (χ3n) is 4.02. The lowest BCUT2D eigenvalue weighted by molar-refractivity contribution is -0.697. The largest absolute Gasteiger partial charge is 0.507 e. The van der Waals surface area contributed by atoms with Gasteiger partial charge in [-0.25, -0.2) is 4.57 Å². The molecule has 2 N–H and O–H groups in total. The highest BCUT2D eigenvalue weighted by Gasteiger charge is 2.08. The number of unbranched alkanes of at least 4 members (excludes halogenated alkanes) is 1. The van der Waals surface area contributed by atoms with Crippen LogP contribution in [0.15, 0.2) is 67.0 Å². The number of amides is 1. The van der Waals surface area contributed by atoms with Gasteiger partial charge in [0, 0.05) is 41.4 Å². The molecule has 0 spiro atoms. The number of aromatic hydroxyl groups is 1. The highest BCUT2D eigenvalue weighted by Crippen LogP contribution is 2.29. The highest BCUT2D eigenvalue weighted by atomic mass is 16.3. The summed E-state index contributed by atoms with van der Waals surface area (Å²) >= 11 is 0. The van der Waals surface area contributed by atoms with Crippen LogP contribution >= 0.6 is 0 Å². The van der Waals surface area contributed by atoms with Crippen molar-refractivity contribution in [3.63, 3.8) is 0 Å². The number of anilines is 1. The number of aromatic nitrogens is 1. The number of carbonyl (C=O) groups is 1. The molecule has 0 atom stereocenters. The quantitative estimate of drug-likeness (QED) is 0.538. The molecule has 122 valence electrons. The first-order valence-electron chi connectivity index (χ1n) is 8.19. The van der Waals surface area contributed by atoms with Gasteiger partial charge in [0.25, 0.3) is 0 Å². The lowest BCUT2D eigenvalue weighted by Gasteiger charge is -2.09. The molecule has 0 aliphatic rings. The molecule has 2 aromatic carbocycles. The molecule has 0 aliphatic heterocycles. The van der Waals surface area contributed by atoms with Crippen molar-refractivity contribution < 1.29 is 14.5 Å². The first-order valence-corrected chi connectivity index (χ1v) is 8.19. The highest BCUT2D eigenvalue weighted by molar-refractivity contribution is 6.03. The van der Waals surface area contributed by atoms with Gasteiger partial charge in [-0.2, -0.15) is 0 Å². The van der Waals surface area contributed by atoms with Crippen molar-refractivity contribution in [1.29, 1.82) is 0 Å². The molecular weight excluding hydrogens is 300 g/mol. The van der Waals surface area contributed by atoms with Crippen molar-refractivity contribution >= 4 is 22.4 Å². The molecule has 3 aromatic rings. The van der Waals surface area contributed by atoms with E-state index in [9.17, 15) is 9.90 Å². The molecule has 0 fully saturated rings. The van der Waals surface area contributed by atoms with Crippen molar-refractivity contribution in [3.8, 4) is 5.75 Å². The first-order chi connectivity index (χ1) is 11.7. The molecule has 1 aromatic heterocycles. The Labute approximate surface area is 141 Å². The number of hydrogen-bond donors (Lipinski definition) is 2. The lowest BCUT2D eigenvalue weighted by Crippen LogP contribution is -2.32. The zero-order valence-corrected chi connectivity index (χ0v) is 13.5. The van der Waals surface area contributed by atoms with E-state index in [2.05, 4.69) is 9.88 Å². The molecule has 24 heavy (non-hydrogen) atoms. The molecule has 0 saturated heterocycles. The van der Waals surface area contributed by atoms with E-state index in [-0.39, 0.29) is 11.7 Å². The van der Waals surface area contributed by atoms with Gasteiger partial charge in [-0.1, -0.05) is 30.3 Å². The first kappa shape index (κ1) is 16.0. The van der Waals surface area contributed by atoms with Gasteiger partial charge < -0.3 is 10.4 Å². The third kappa shape index (κ3) is 3.90. The molecule has 0 saturated carbocycles. The van der Waals surface area contributed by atoms with Crippen LogP contribution in [0.4, 0.5) is 5.69 Å². The average Bonchev–Trinajstić information content (AvgIpc) is 2.61. The predicted octanol–water partition coefficient (Wildman–Crippen LogP) is 3.64. The van der Waals surface area contributed by atoms with E-state index >= 15 is 0 Å². The third-order valence-corrected chi connectivity index (χ3v) is 4.02. The monoisotopic (exact) mass is 321 g/mol. The summed E-state index contributed by atoms with van der Waals surface area (Å²) < 4.78 is 2.12. The molecule has 3 rings (SSSR count). The summed E-state index contributed by atoms with van der Waals surface area (Å²) in [4.78, 5) is 12.2. The summed E-state index contributed by atoms with van der Waals surface area (Å²) in [6.07, 6.45) is 6.34. The Morgan fingerprint density at radius 3 is 2.50 bits per heavy atom. The maximum absolute atomic E-state index is 12.2. The molecule has 0 bridgehead atoms. The van der Waals surface area contributed by atoms with Crippen molar-refractivity contribution in [1.82, 2.24) is 0 Å². The van der Waals surface area contributed by atoms with Crippen LogP contribution in [0.2, 0.25) is 0 Å². The van der Waals surface area contributed by atoms with Crippen molar-refractivity contribution in [2.45, 2.75) is 25.8 Å². The van der Waals surface area contributed by atoms with E-state index in [0.29, 0.717) is 6.42 Å². The van der Waals surface area contributed by atoms with Crippen LogP contribution in [0.1, 0.15) is 19.3 Å². The van der Waals surface area contributed by atoms with Gasteiger partial charge in [0.1, 0.15) is 12.3 Å². The van der Waals surface area contributed by atoms with Gasteiger partial charge >= 0.3 is 0 Å². The van der Waals surface area contributed by atoms with Gasteiger partial charge in [-0.3, -0.25) is 4.79 Å². The van der Waals surface area contributed by atoms with Gasteiger partial charge in [-0.05, 0) is 18.6 Å². The fourth-order valence-electron chi connectivity index (χ4n) is 2.78. The predicted molar refractivity (Wildman–Crippen MR) is 94.7 cm³/mol. The zero-order valence-electron chi connectivity index (χ0n) is 13.5. The van der Waals surface area contributed by atoms with E-state index in [1.807, 2.05) is 54.9 Å². The van der Waals surface area contributed by atoms with Crippen LogP contribution in [-0.2, 0) is 11.3 Å². The fraction of sp³-hybridized carbons (Fsp3) is 0.200. The maximum atomic E-state index is 12.2. The number of phenols is 1. The van der Waals surface area contributed by atoms with E-state index < -0.39 is 0 Å². The fourth-order valence-corrected chi connectivity index (χ4v) is 2.78. The standard InChI is InChI=1S/C20H20N2O2/c23-19-11-7-8-16-17(19)9-6-10-18(16)21-20(24)12-2-5-15-22-13-3-1-4-14-22/h1,3-4,6-11,13-14H,2,5,12,15H2,(H-,21,23,24)/p+1. The number of phenolic OH excluding ortho intramolecular Hbond substituents is 1. The minimum absolute atomic E-state index is 0.00362. The molecule has 0 radical (unpaired) electrons. The Hall–Kier alpha value is -2.88. The molecule has 1 amide bonds. The number of nitrogens with zero attached hydrogens (tertiary/aromatic N) is 1. The Morgan fingerprint density at radius 1 is 0.917 bits per heavy atom. The normalized spacial score (nSPS) is 10.7. The van der Waals surface area contributed by atoms with Gasteiger partial charge in [-0.15, -0.1) is 0 Å². The van der Waals surface area contributed by atoms with Gasteiger partial charge in [0.05, 0.1) is 0 Å². The van der Waals surface area contributed by atoms with Crippen LogP contribution in [0.5, 0.6) is 5.75 Å². The number of pyridine rings is 1. The number of nitrogens with one attached hydrogen (secondary N) is 1. The number of hydrogen-bond acceptors (Lipinski definition) is 2. The SMILES string of the molecule is O=C(CCCC[n+]1ccccc1)Nc1cccc2c(O)cccc12. The molecule has 4 nitrogen and oxygen atoms in total. The van der Waals surface area contributed by atoms with Crippen LogP contribution in [0.3, 0.4) is 0 Å². The summed E-state index contributed by atoms with van der Waals surface area (Å²) in [5, 5.41) is 14.4. The molecule has 4 heteroatoms. The minimum Gasteiger partial charge on any atom is -0.507 e. The summed E-state index contributed by atoms with van der Waals surface area (Å²) in [7, 11) is 0. The van der Waals surface area contributed by atoms with Crippen molar-refractivity contribution in [2.75, 3.05) is 5.32 Å². The summed E-state index contributed by atoms with van der Waals surface area (Å²) in [5.41, 5.74) is 0.742. The van der Waals surface area contributed by atoms with Gasteiger partial charge in [0.15, 0.2) is 12.4 Å². The number of rotatable bonds is 6. The number of fused-ring (bicyclic) bond motifs is 1. The van der Waals surface area contributed by atoms with Crippen LogP contribution in [0.25, 0.3) is 10.8 Å². The summed E-state index contributed by atoms with van der Waals surface area (Å²) in [6.45, 7) is 0.913. The molecule has 1 heterocycles. The summed E-state index contributed by atoms with van der Waals surface area (Å²) in [5.74, 6) is 0.229. The Morgan fingerprint density at radius 2 is 1.67 bits per heavy atom. The van der Waals surface area contributed by atoms with E-state index in [0.717, 1.165) is 35.8 Å². The van der Waals surface area contributed by atoms with E-state index in [1.54, 1.807) is 12.1 Å². The topological polar surface area (TPSA) is 53.2 Å².